The number of nitrogens with zero attached hydrogens (tertiary/aromatic N) is 1. The fourth-order valence-electron chi connectivity index (χ4n) is 1.86. The van der Waals surface area contributed by atoms with Gasteiger partial charge in [0.2, 0.25) is 0 Å². The lowest BCUT2D eigenvalue weighted by Gasteiger charge is -2.10. The second-order valence-electron chi connectivity index (χ2n) is 4.65. The van der Waals surface area contributed by atoms with E-state index < -0.39 is 4.92 Å². The van der Waals surface area contributed by atoms with E-state index in [1.807, 2.05) is 12.1 Å². The van der Waals surface area contributed by atoms with Crippen LogP contribution in [-0.2, 0) is 0 Å². The van der Waals surface area contributed by atoms with E-state index in [0.29, 0.717) is 16.8 Å². The van der Waals surface area contributed by atoms with Crippen molar-refractivity contribution in [3.05, 3.63) is 67.3 Å². The van der Waals surface area contributed by atoms with Crippen molar-refractivity contribution in [1.82, 2.24) is 5.32 Å². The zero-order valence-electron chi connectivity index (χ0n) is 12.0. The molecule has 0 bridgehead atoms. The Morgan fingerprint density at radius 1 is 1.26 bits per heavy atom. The number of hydrogen-bond donors (Lipinski definition) is 2. The maximum Gasteiger partial charge on any atom is 0.274 e. The molecule has 0 spiro atoms. The molecule has 0 fully saturated rings. The van der Waals surface area contributed by atoms with Crippen LogP contribution in [0, 0.1) is 20.6 Å². The molecule has 2 aromatic carbocycles. The van der Waals surface area contributed by atoms with Crippen LogP contribution in [0.3, 0.4) is 0 Å². The number of anilines is 1. The van der Waals surface area contributed by atoms with Crippen molar-refractivity contribution < 1.29 is 9.72 Å². The monoisotopic (exact) mass is 441 g/mol. The molecule has 0 aliphatic heterocycles. The topological polar surface area (TPSA) is 84.3 Å². The Bertz CT molecular complexity index is 795. The molecule has 0 aliphatic carbocycles. The van der Waals surface area contributed by atoms with Crippen molar-refractivity contribution in [3.63, 3.8) is 0 Å². The molecule has 0 heterocycles. The minimum Gasteiger partial charge on any atom is -0.332 e. The van der Waals surface area contributed by atoms with E-state index in [1.165, 1.54) is 6.07 Å². The maximum absolute atomic E-state index is 12.1. The van der Waals surface area contributed by atoms with Crippen LogP contribution in [0.15, 0.2) is 42.5 Å². The van der Waals surface area contributed by atoms with Crippen molar-refractivity contribution >= 4 is 57.2 Å². The third-order valence-electron chi connectivity index (χ3n) is 3.01. The number of nitro benzene ring substituents is 1. The molecule has 1 amide bonds. The first kappa shape index (κ1) is 17.3. The lowest BCUT2D eigenvalue weighted by molar-refractivity contribution is -0.385. The Labute approximate surface area is 151 Å². The van der Waals surface area contributed by atoms with Crippen LogP contribution in [0.4, 0.5) is 11.4 Å². The number of benzene rings is 2. The van der Waals surface area contributed by atoms with Crippen LogP contribution < -0.4 is 10.6 Å². The molecule has 0 unspecified atom stereocenters. The predicted octanol–water partition coefficient (Wildman–Crippen LogP) is 3.63. The Kier molecular flexibility index (Phi) is 5.61. The number of carbonyl (C=O) groups excluding carboxylic acids is 1. The van der Waals surface area contributed by atoms with Gasteiger partial charge in [0.25, 0.3) is 11.6 Å². The third kappa shape index (κ3) is 4.45. The van der Waals surface area contributed by atoms with Crippen molar-refractivity contribution in [2.24, 2.45) is 0 Å². The van der Waals surface area contributed by atoms with Gasteiger partial charge >= 0.3 is 0 Å². The van der Waals surface area contributed by atoms with Crippen molar-refractivity contribution in [2.45, 2.75) is 6.92 Å². The summed E-state index contributed by atoms with van der Waals surface area (Å²) in [5.41, 5.74) is 1.48. The molecule has 0 saturated heterocycles. The quantitative estimate of drug-likeness (QED) is 0.329. The molecule has 0 aliphatic rings. The van der Waals surface area contributed by atoms with Gasteiger partial charge in [-0.05, 0) is 59.9 Å². The second kappa shape index (κ2) is 7.47. The van der Waals surface area contributed by atoms with Crippen LogP contribution in [0.1, 0.15) is 15.9 Å². The molecular formula is C15H12IN3O3S. The summed E-state index contributed by atoms with van der Waals surface area (Å²) in [5.74, 6) is -0.339. The van der Waals surface area contributed by atoms with Crippen molar-refractivity contribution in [1.29, 1.82) is 0 Å². The van der Waals surface area contributed by atoms with Gasteiger partial charge in [0.1, 0.15) is 0 Å². The molecule has 118 valence electrons. The fourth-order valence-corrected chi connectivity index (χ4v) is 2.70. The number of amides is 1. The van der Waals surface area contributed by atoms with Crippen molar-refractivity contribution in [3.8, 4) is 0 Å². The fraction of sp³-hybridized carbons (Fsp3) is 0.0667. The number of thiocarbonyl (C=S) groups is 1. The molecule has 2 rings (SSSR count). The number of halogens is 1. The summed E-state index contributed by atoms with van der Waals surface area (Å²) in [6.07, 6.45) is 0. The molecule has 6 nitrogen and oxygen atoms in total. The standard InChI is InChI=1S/C15H12IN3O3S/c1-9-6-7-10(8-13(9)19(21)22)17-15(23)18-14(20)11-4-2-3-5-12(11)16/h2-8H,1H3,(H2,17,18,20,23). The minimum absolute atomic E-state index is 0.0123. The second-order valence-corrected chi connectivity index (χ2v) is 6.22. The number of aryl methyl sites for hydroxylation is 1. The molecule has 0 radical (unpaired) electrons. The van der Waals surface area contributed by atoms with Crippen LogP contribution >= 0.6 is 34.8 Å². The van der Waals surface area contributed by atoms with Gasteiger partial charge in [-0.3, -0.25) is 20.2 Å². The van der Waals surface area contributed by atoms with Gasteiger partial charge in [-0.25, -0.2) is 0 Å². The highest BCUT2D eigenvalue weighted by molar-refractivity contribution is 14.1. The highest BCUT2D eigenvalue weighted by atomic mass is 127. The Morgan fingerprint density at radius 2 is 1.96 bits per heavy atom. The summed E-state index contributed by atoms with van der Waals surface area (Å²) < 4.78 is 0.802. The summed E-state index contributed by atoms with van der Waals surface area (Å²) in [5, 5.41) is 16.3. The maximum atomic E-state index is 12.1. The number of hydrogen-bond acceptors (Lipinski definition) is 4. The summed E-state index contributed by atoms with van der Waals surface area (Å²) >= 11 is 7.14. The lowest BCUT2D eigenvalue weighted by atomic mass is 10.2. The van der Waals surface area contributed by atoms with E-state index in [2.05, 4.69) is 33.2 Å². The van der Waals surface area contributed by atoms with Gasteiger partial charge in [0.05, 0.1) is 10.5 Å². The molecule has 2 N–H and O–H groups in total. The number of nitro groups is 1. The Balaban J connectivity index is 2.08. The zero-order chi connectivity index (χ0) is 17.0. The molecule has 23 heavy (non-hydrogen) atoms. The number of rotatable bonds is 3. The number of nitrogens with one attached hydrogen (secondary N) is 2. The summed E-state index contributed by atoms with van der Waals surface area (Å²) in [6.45, 7) is 1.65. The summed E-state index contributed by atoms with van der Waals surface area (Å²) in [7, 11) is 0. The van der Waals surface area contributed by atoms with E-state index in [1.54, 1.807) is 31.2 Å². The normalized spacial score (nSPS) is 10.0. The SMILES string of the molecule is Cc1ccc(NC(=S)NC(=O)c2ccccc2I)cc1[N+](=O)[O-]. The van der Waals surface area contributed by atoms with Gasteiger partial charge in [-0.1, -0.05) is 18.2 Å². The molecule has 2 aromatic rings. The van der Waals surface area contributed by atoms with E-state index in [4.69, 9.17) is 12.2 Å². The van der Waals surface area contributed by atoms with E-state index in [0.717, 1.165) is 3.57 Å². The Hall–Kier alpha value is -2.07. The van der Waals surface area contributed by atoms with E-state index in [9.17, 15) is 14.9 Å². The predicted molar refractivity (Wildman–Crippen MR) is 101 cm³/mol. The molecule has 0 saturated carbocycles. The average molecular weight is 441 g/mol. The largest absolute Gasteiger partial charge is 0.332 e. The van der Waals surface area contributed by atoms with Gasteiger partial charge in [-0.15, -0.1) is 0 Å². The van der Waals surface area contributed by atoms with E-state index in [-0.39, 0.29) is 16.7 Å². The first-order valence-electron chi connectivity index (χ1n) is 6.50. The zero-order valence-corrected chi connectivity index (χ0v) is 15.0. The smallest absolute Gasteiger partial charge is 0.274 e. The number of carbonyl (C=O) groups is 1. The Morgan fingerprint density at radius 3 is 2.61 bits per heavy atom. The summed E-state index contributed by atoms with van der Waals surface area (Å²) in [6, 6.07) is 11.8. The van der Waals surface area contributed by atoms with E-state index >= 15 is 0 Å². The third-order valence-corrected chi connectivity index (χ3v) is 4.15. The van der Waals surface area contributed by atoms with Gasteiger partial charge in [0.15, 0.2) is 5.11 Å². The molecular weight excluding hydrogens is 429 g/mol. The first-order chi connectivity index (χ1) is 10.9. The summed E-state index contributed by atoms with van der Waals surface area (Å²) in [4.78, 5) is 22.6. The minimum atomic E-state index is -0.464. The van der Waals surface area contributed by atoms with Crippen LogP contribution in [-0.4, -0.2) is 15.9 Å². The molecule has 0 aromatic heterocycles. The van der Waals surface area contributed by atoms with Crippen LogP contribution in [0.2, 0.25) is 0 Å². The van der Waals surface area contributed by atoms with Gasteiger partial charge in [0, 0.05) is 20.9 Å². The van der Waals surface area contributed by atoms with Gasteiger partial charge in [-0.2, -0.15) is 0 Å². The average Bonchev–Trinajstić information content (AvgIpc) is 2.49. The first-order valence-corrected chi connectivity index (χ1v) is 7.99. The molecule has 8 heteroatoms. The molecule has 0 atom stereocenters. The van der Waals surface area contributed by atoms with Gasteiger partial charge < -0.3 is 5.32 Å². The van der Waals surface area contributed by atoms with Crippen molar-refractivity contribution in [2.75, 3.05) is 5.32 Å². The highest BCUT2D eigenvalue weighted by Crippen LogP contribution is 2.22. The van der Waals surface area contributed by atoms with Crippen LogP contribution in [0.25, 0.3) is 0 Å². The van der Waals surface area contributed by atoms with Crippen LogP contribution in [0.5, 0.6) is 0 Å². The lowest BCUT2D eigenvalue weighted by Crippen LogP contribution is -2.34. The highest BCUT2D eigenvalue weighted by Gasteiger charge is 2.13.